The molecule has 0 radical (unpaired) electrons. The summed E-state index contributed by atoms with van der Waals surface area (Å²) in [6.07, 6.45) is 4.09. The molecule has 1 aromatic carbocycles. The van der Waals surface area contributed by atoms with Gasteiger partial charge in [0, 0.05) is 31.9 Å². The second-order valence-corrected chi connectivity index (χ2v) is 10.1. The van der Waals surface area contributed by atoms with E-state index in [1.54, 1.807) is 28.6 Å². The molecule has 0 aromatic heterocycles. The molecule has 1 N–H and O–H groups in total. The van der Waals surface area contributed by atoms with Crippen LogP contribution in [0, 0.1) is 11.8 Å². The van der Waals surface area contributed by atoms with Gasteiger partial charge in [-0.2, -0.15) is 4.31 Å². The van der Waals surface area contributed by atoms with Gasteiger partial charge in [-0.1, -0.05) is 26.3 Å². The number of rotatable bonds is 5. The molecule has 6 nitrogen and oxygen atoms in total. The number of sulfonamides is 1. The number of anilines is 1. The molecule has 0 saturated carbocycles. The van der Waals surface area contributed by atoms with E-state index in [-0.39, 0.29) is 10.8 Å². The molecule has 2 fully saturated rings. The van der Waals surface area contributed by atoms with Crippen molar-refractivity contribution in [3.8, 4) is 0 Å². The summed E-state index contributed by atoms with van der Waals surface area (Å²) in [6, 6.07) is 6.61. The number of likely N-dealkylation sites (tertiary alicyclic amines) is 1. The molecule has 2 aliphatic rings. The Labute approximate surface area is 163 Å². The van der Waals surface area contributed by atoms with Crippen molar-refractivity contribution in [2.45, 2.75) is 44.4 Å². The standard InChI is InChI=1S/C20H31N3O3S/c1-16-11-17(2)14-22(13-16)15-20(24)21-18-7-6-8-19(12-18)27(25,26)23-9-4-3-5-10-23/h6-8,12,16-17H,3-5,9-11,13-15H2,1-2H3,(H,21,24). The molecule has 2 unspecified atom stereocenters. The minimum Gasteiger partial charge on any atom is -0.325 e. The van der Waals surface area contributed by atoms with Gasteiger partial charge in [-0.15, -0.1) is 0 Å². The van der Waals surface area contributed by atoms with Crippen molar-refractivity contribution in [1.82, 2.24) is 9.21 Å². The van der Waals surface area contributed by atoms with Gasteiger partial charge in [-0.05, 0) is 49.3 Å². The Bertz CT molecular complexity index is 749. The van der Waals surface area contributed by atoms with E-state index in [0.29, 0.717) is 37.2 Å². The van der Waals surface area contributed by atoms with E-state index < -0.39 is 10.0 Å². The highest BCUT2D eigenvalue weighted by atomic mass is 32.2. The predicted octanol–water partition coefficient (Wildman–Crippen LogP) is 2.78. The minimum atomic E-state index is -3.49. The number of benzene rings is 1. The van der Waals surface area contributed by atoms with Crippen molar-refractivity contribution >= 4 is 21.6 Å². The molecule has 2 heterocycles. The van der Waals surface area contributed by atoms with Crippen molar-refractivity contribution in [3.63, 3.8) is 0 Å². The summed E-state index contributed by atoms with van der Waals surface area (Å²) < 4.78 is 27.2. The normalized spacial score (nSPS) is 25.3. The zero-order valence-electron chi connectivity index (χ0n) is 16.4. The Morgan fingerprint density at radius 1 is 1.11 bits per heavy atom. The lowest BCUT2D eigenvalue weighted by molar-refractivity contribution is -0.117. The third kappa shape index (κ3) is 5.30. The fourth-order valence-electron chi connectivity index (χ4n) is 4.31. The lowest BCUT2D eigenvalue weighted by Gasteiger charge is -2.34. The fraction of sp³-hybridized carbons (Fsp3) is 0.650. The summed E-state index contributed by atoms with van der Waals surface area (Å²) in [4.78, 5) is 14.9. The molecule has 7 heteroatoms. The molecule has 3 rings (SSSR count). The van der Waals surface area contributed by atoms with Gasteiger partial charge in [-0.3, -0.25) is 9.69 Å². The van der Waals surface area contributed by atoms with E-state index in [0.717, 1.165) is 32.4 Å². The minimum absolute atomic E-state index is 0.0937. The zero-order chi connectivity index (χ0) is 19.4. The van der Waals surface area contributed by atoms with Gasteiger partial charge in [0.1, 0.15) is 0 Å². The largest absolute Gasteiger partial charge is 0.325 e. The van der Waals surface area contributed by atoms with Gasteiger partial charge < -0.3 is 5.32 Å². The number of hydrogen-bond acceptors (Lipinski definition) is 4. The number of carbonyl (C=O) groups excluding carboxylic acids is 1. The van der Waals surface area contributed by atoms with Gasteiger partial charge >= 0.3 is 0 Å². The van der Waals surface area contributed by atoms with Crippen molar-refractivity contribution < 1.29 is 13.2 Å². The van der Waals surface area contributed by atoms with E-state index in [4.69, 9.17) is 0 Å². The lowest BCUT2D eigenvalue weighted by Crippen LogP contribution is -2.42. The monoisotopic (exact) mass is 393 g/mol. The second kappa shape index (κ2) is 8.71. The number of hydrogen-bond donors (Lipinski definition) is 1. The number of nitrogens with zero attached hydrogens (tertiary/aromatic N) is 2. The highest BCUT2D eigenvalue weighted by molar-refractivity contribution is 7.89. The van der Waals surface area contributed by atoms with Gasteiger partial charge in [-0.25, -0.2) is 8.42 Å². The number of carbonyl (C=O) groups is 1. The van der Waals surface area contributed by atoms with Gasteiger partial charge in [0.2, 0.25) is 15.9 Å². The van der Waals surface area contributed by atoms with Crippen LogP contribution >= 0.6 is 0 Å². The topological polar surface area (TPSA) is 69.7 Å². The molecule has 27 heavy (non-hydrogen) atoms. The predicted molar refractivity (Wildman–Crippen MR) is 107 cm³/mol. The van der Waals surface area contributed by atoms with Crippen molar-refractivity contribution in [2.75, 3.05) is 38.0 Å². The second-order valence-electron chi connectivity index (χ2n) is 8.18. The molecule has 2 atom stereocenters. The van der Waals surface area contributed by atoms with Crippen LogP contribution in [0.5, 0.6) is 0 Å². The van der Waals surface area contributed by atoms with Crippen LogP contribution in [-0.2, 0) is 14.8 Å². The first kappa shape index (κ1) is 20.3. The summed E-state index contributed by atoms with van der Waals surface area (Å²) in [7, 11) is -3.49. The van der Waals surface area contributed by atoms with E-state index in [1.807, 2.05) is 0 Å². The number of amides is 1. The SMILES string of the molecule is CC1CC(C)CN(CC(=O)Nc2cccc(S(=O)(=O)N3CCCCC3)c2)C1. The number of nitrogens with one attached hydrogen (secondary N) is 1. The molecule has 0 bridgehead atoms. The average molecular weight is 394 g/mol. The Morgan fingerprint density at radius 3 is 2.44 bits per heavy atom. The maximum Gasteiger partial charge on any atom is 0.243 e. The molecule has 1 aromatic rings. The quantitative estimate of drug-likeness (QED) is 0.835. The third-order valence-electron chi connectivity index (χ3n) is 5.38. The van der Waals surface area contributed by atoms with Crippen LogP contribution in [0.3, 0.4) is 0 Å². The van der Waals surface area contributed by atoms with Crippen molar-refractivity contribution in [2.24, 2.45) is 11.8 Å². The van der Waals surface area contributed by atoms with E-state index in [9.17, 15) is 13.2 Å². The van der Waals surface area contributed by atoms with Crippen LogP contribution < -0.4 is 5.32 Å². The smallest absolute Gasteiger partial charge is 0.243 e. The summed E-state index contributed by atoms with van der Waals surface area (Å²) in [5, 5.41) is 2.87. The zero-order valence-corrected chi connectivity index (χ0v) is 17.2. The molecule has 150 valence electrons. The molecular weight excluding hydrogens is 362 g/mol. The highest BCUT2D eigenvalue weighted by Gasteiger charge is 2.26. The molecule has 0 aliphatic carbocycles. The Hall–Kier alpha value is -1.44. The molecule has 2 saturated heterocycles. The molecular formula is C20H31N3O3S. The van der Waals surface area contributed by atoms with E-state index >= 15 is 0 Å². The van der Waals surface area contributed by atoms with Crippen LogP contribution in [0.25, 0.3) is 0 Å². The van der Waals surface area contributed by atoms with Crippen LogP contribution in [0.4, 0.5) is 5.69 Å². The van der Waals surface area contributed by atoms with Crippen LogP contribution in [-0.4, -0.2) is 56.3 Å². The van der Waals surface area contributed by atoms with Crippen LogP contribution in [0.15, 0.2) is 29.2 Å². The molecule has 1 amide bonds. The molecule has 2 aliphatic heterocycles. The van der Waals surface area contributed by atoms with Crippen molar-refractivity contribution in [1.29, 1.82) is 0 Å². The highest BCUT2D eigenvalue weighted by Crippen LogP contribution is 2.23. The average Bonchev–Trinajstić information content (AvgIpc) is 2.61. The summed E-state index contributed by atoms with van der Waals surface area (Å²) in [6.45, 7) is 7.79. The Balaban J connectivity index is 1.64. The maximum atomic E-state index is 12.8. The maximum absolute atomic E-state index is 12.8. The van der Waals surface area contributed by atoms with E-state index in [1.165, 1.54) is 6.42 Å². The summed E-state index contributed by atoms with van der Waals surface area (Å²) in [5.74, 6) is 1.10. The van der Waals surface area contributed by atoms with Crippen molar-refractivity contribution in [3.05, 3.63) is 24.3 Å². The van der Waals surface area contributed by atoms with Gasteiger partial charge in [0.05, 0.1) is 11.4 Å². The van der Waals surface area contributed by atoms with Crippen LogP contribution in [0.1, 0.15) is 39.5 Å². The first-order chi connectivity index (χ1) is 12.8. The lowest BCUT2D eigenvalue weighted by atomic mass is 9.92. The van der Waals surface area contributed by atoms with Gasteiger partial charge in [0.15, 0.2) is 0 Å². The molecule has 0 spiro atoms. The fourth-order valence-corrected chi connectivity index (χ4v) is 5.88. The first-order valence-electron chi connectivity index (χ1n) is 9.97. The Kier molecular flexibility index (Phi) is 6.55. The summed E-state index contributed by atoms with van der Waals surface area (Å²) >= 11 is 0. The van der Waals surface area contributed by atoms with E-state index in [2.05, 4.69) is 24.1 Å². The first-order valence-corrected chi connectivity index (χ1v) is 11.4. The van der Waals surface area contributed by atoms with Gasteiger partial charge in [0.25, 0.3) is 0 Å². The Morgan fingerprint density at radius 2 is 1.78 bits per heavy atom. The van der Waals surface area contributed by atoms with Crippen LogP contribution in [0.2, 0.25) is 0 Å². The third-order valence-corrected chi connectivity index (χ3v) is 7.28. The summed E-state index contributed by atoms with van der Waals surface area (Å²) in [5.41, 5.74) is 0.538. The number of piperidine rings is 2.